The Balaban J connectivity index is 1.89. The highest BCUT2D eigenvalue weighted by Crippen LogP contribution is 2.37. The quantitative estimate of drug-likeness (QED) is 0.172. The molecule has 2 aromatic carbocycles. The second kappa shape index (κ2) is 9.97. The summed E-state index contributed by atoms with van der Waals surface area (Å²) >= 11 is 5.77. The van der Waals surface area contributed by atoms with Crippen molar-refractivity contribution < 1.29 is 24.3 Å². The van der Waals surface area contributed by atoms with E-state index in [4.69, 9.17) is 11.6 Å². The van der Waals surface area contributed by atoms with Crippen LogP contribution < -0.4 is 0 Å². The zero-order valence-electron chi connectivity index (χ0n) is 17.6. The number of halogens is 2. The maximum Gasteiger partial charge on any atom is 0.313 e. The van der Waals surface area contributed by atoms with Crippen LogP contribution in [0.2, 0.25) is 5.02 Å². The molecule has 0 radical (unpaired) electrons. The van der Waals surface area contributed by atoms with Crippen LogP contribution in [0.15, 0.2) is 60.4 Å². The van der Waals surface area contributed by atoms with E-state index in [0.29, 0.717) is 11.1 Å². The van der Waals surface area contributed by atoms with Crippen LogP contribution in [0.4, 0.5) is 10.1 Å². The summed E-state index contributed by atoms with van der Waals surface area (Å²) in [6.45, 7) is -0.229. The number of nitro groups is 1. The molecule has 0 aliphatic rings. The zero-order valence-corrected chi connectivity index (χ0v) is 18.3. The van der Waals surface area contributed by atoms with Gasteiger partial charge in [-0.15, -0.1) is 0 Å². The first-order valence-corrected chi connectivity index (χ1v) is 9.96. The van der Waals surface area contributed by atoms with Gasteiger partial charge in [-0.1, -0.05) is 29.8 Å². The van der Waals surface area contributed by atoms with Crippen molar-refractivity contribution in [1.29, 1.82) is 5.26 Å². The van der Waals surface area contributed by atoms with E-state index in [0.717, 1.165) is 17.0 Å². The molecule has 0 spiro atoms. The van der Waals surface area contributed by atoms with Crippen molar-refractivity contribution in [2.45, 2.75) is 6.54 Å². The van der Waals surface area contributed by atoms with E-state index in [1.165, 1.54) is 19.2 Å². The number of amides is 1. The average Bonchev–Trinajstić information content (AvgIpc) is 2.82. The number of phenolic OH excluding ortho intramolecular Hbond substituents is 1. The van der Waals surface area contributed by atoms with Crippen molar-refractivity contribution in [3.8, 4) is 22.9 Å². The van der Waals surface area contributed by atoms with Gasteiger partial charge in [-0.05, 0) is 23.8 Å². The Labute approximate surface area is 197 Å². The summed E-state index contributed by atoms with van der Waals surface area (Å²) in [5.41, 5.74) is -0.430. The summed E-state index contributed by atoms with van der Waals surface area (Å²) in [6, 6.07) is 11.2. The molecule has 34 heavy (non-hydrogen) atoms. The first kappa shape index (κ1) is 24.2. The predicted octanol–water partition coefficient (Wildman–Crippen LogP) is 4.61. The molecule has 1 heterocycles. The molecular formula is C23H16ClFN4O5. The predicted molar refractivity (Wildman–Crippen MR) is 121 cm³/mol. The van der Waals surface area contributed by atoms with E-state index in [9.17, 15) is 34.8 Å². The number of benzene rings is 2. The van der Waals surface area contributed by atoms with Crippen molar-refractivity contribution in [2.24, 2.45) is 0 Å². The van der Waals surface area contributed by atoms with E-state index in [-0.39, 0.29) is 17.7 Å². The molecule has 1 amide bonds. The Kier molecular flexibility index (Phi) is 7.09. The van der Waals surface area contributed by atoms with E-state index in [1.54, 1.807) is 36.7 Å². The highest BCUT2D eigenvalue weighted by atomic mass is 35.5. The molecule has 2 N–H and O–H groups in total. The Morgan fingerprint density at radius 2 is 2.03 bits per heavy atom. The molecule has 3 aromatic rings. The summed E-state index contributed by atoms with van der Waals surface area (Å²) in [4.78, 5) is 28.0. The van der Waals surface area contributed by atoms with Crippen LogP contribution in [0.3, 0.4) is 0 Å². The van der Waals surface area contributed by atoms with E-state index in [2.05, 4.69) is 4.98 Å². The Morgan fingerprint density at radius 1 is 1.29 bits per heavy atom. The van der Waals surface area contributed by atoms with Gasteiger partial charge in [0.15, 0.2) is 5.57 Å². The van der Waals surface area contributed by atoms with Gasteiger partial charge in [0, 0.05) is 48.7 Å². The van der Waals surface area contributed by atoms with E-state index in [1.807, 2.05) is 0 Å². The highest BCUT2D eigenvalue weighted by molar-refractivity contribution is 6.32. The van der Waals surface area contributed by atoms with Crippen LogP contribution in [0.1, 0.15) is 11.1 Å². The second-order valence-corrected chi connectivity index (χ2v) is 7.53. The fraction of sp³-hybridized carbons (Fsp3) is 0.0870. The molecule has 0 fully saturated rings. The van der Waals surface area contributed by atoms with Gasteiger partial charge in [0.05, 0.1) is 9.95 Å². The number of phenols is 1. The molecule has 0 atom stereocenters. The molecule has 3 rings (SSSR count). The number of hydrogen-bond acceptors (Lipinski definition) is 7. The number of likely N-dealkylation sites (N-methyl/N-ethyl adjacent to an activating group) is 1. The largest absolute Gasteiger partial charge is 0.506 e. The Bertz CT molecular complexity index is 1360. The van der Waals surface area contributed by atoms with Gasteiger partial charge >= 0.3 is 5.69 Å². The lowest BCUT2D eigenvalue weighted by Crippen LogP contribution is -2.28. The topological polar surface area (TPSA) is 141 Å². The number of aliphatic hydroxyl groups is 1. The molecule has 0 bridgehead atoms. The minimum Gasteiger partial charge on any atom is -0.506 e. The summed E-state index contributed by atoms with van der Waals surface area (Å²) in [6.07, 6.45) is 3.17. The average molecular weight is 483 g/mol. The molecule has 0 aliphatic heterocycles. The van der Waals surface area contributed by atoms with Crippen molar-refractivity contribution in [1.82, 2.24) is 9.88 Å². The molecule has 1 aromatic heterocycles. The van der Waals surface area contributed by atoms with Crippen molar-refractivity contribution in [3.63, 3.8) is 0 Å². The normalized spacial score (nSPS) is 11.4. The van der Waals surface area contributed by atoms with Gasteiger partial charge in [0.25, 0.3) is 5.91 Å². The van der Waals surface area contributed by atoms with E-state index < -0.39 is 44.4 Å². The summed E-state index contributed by atoms with van der Waals surface area (Å²) in [7, 11) is 1.30. The van der Waals surface area contributed by atoms with Crippen molar-refractivity contribution in [2.75, 3.05) is 7.05 Å². The molecule has 11 heteroatoms. The molecule has 0 aliphatic carbocycles. The van der Waals surface area contributed by atoms with Gasteiger partial charge in [0.2, 0.25) is 5.75 Å². The molecule has 0 saturated carbocycles. The number of aromatic nitrogens is 1. The number of hydrogen-bond donors (Lipinski definition) is 2. The summed E-state index contributed by atoms with van der Waals surface area (Å²) in [5.74, 6) is -3.25. The van der Waals surface area contributed by atoms with Crippen LogP contribution in [0.25, 0.3) is 16.9 Å². The fourth-order valence-electron chi connectivity index (χ4n) is 3.11. The lowest BCUT2D eigenvalue weighted by Gasteiger charge is -2.18. The second-order valence-electron chi connectivity index (χ2n) is 7.13. The number of nitro benzene ring substituents is 1. The molecule has 0 saturated heterocycles. The van der Waals surface area contributed by atoms with Crippen molar-refractivity contribution >= 4 is 29.0 Å². The van der Waals surface area contributed by atoms with Gasteiger partial charge in [-0.25, -0.2) is 4.39 Å². The number of rotatable bonds is 6. The van der Waals surface area contributed by atoms with Crippen LogP contribution in [-0.2, 0) is 11.3 Å². The minimum absolute atomic E-state index is 0.156. The summed E-state index contributed by atoms with van der Waals surface area (Å²) < 4.78 is 14.7. The molecular weight excluding hydrogens is 467 g/mol. The smallest absolute Gasteiger partial charge is 0.313 e. The monoisotopic (exact) mass is 482 g/mol. The number of nitrogens with zero attached hydrogens (tertiary/aromatic N) is 4. The maximum absolute atomic E-state index is 14.7. The Morgan fingerprint density at radius 3 is 2.62 bits per heavy atom. The number of carbonyl (C=O) groups is 1. The number of aliphatic hydroxyl groups excluding tert-OH is 1. The first-order chi connectivity index (χ1) is 16.1. The third-order valence-corrected chi connectivity index (χ3v) is 5.17. The fourth-order valence-corrected chi connectivity index (χ4v) is 3.33. The van der Waals surface area contributed by atoms with Gasteiger partial charge in [-0.3, -0.25) is 19.9 Å². The number of aromatic hydroxyl groups is 1. The van der Waals surface area contributed by atoms with E-state index >= 15 is 0 Å². The Hall–Kier alpha value is -4.49. The lowest BCUT2D eigenvalue weighted by molar-refractivity contribution is -0.385. The minimum atomic E-state index is -0.956. The van der Waals surface area contributed by atoms with Crippen LogP contribution in [0.5, 0.6) is 5.75 Å². The van der Waals surface area contributed by atoms with Crippen LogP contribution >= 0.6 is 11.6 Å². The molecule has 0 unspecified atom stereocenters. The highest BCUT2D eigenvalue weighted by Gasteiger charge is 2.25. The number of carbonyl (C=O) groups excluding carboxylic acids is 1. The molecule has 9 nitrogen and oxygen atoms in total. The maximum atomic E-state index is 14.7. The summed E-state index contributed by atoms with van der Waals surface area (Å²) in [5, 5.41) is 40.3. The zero-order chi connectivity index (χ0) is 25.0. The standard InChI is InChI=1S/C23H16ClFN4O5/c1-28(12-15-5-4-13(8-19(15)25)14-3-2-6-27-11-14)23(32)17(10-26)21(30)16-7-18(24)22(31)20(9-16)29(33)34/h2-9,11,30-31H,12H2,1H3/b21-17-. The van der Waals surface area contributed by atoms with Crippen LogP contribution in [-0.4, -0.2) is 38.0 Å². The lowest BCUT2D eigenvalue weighted by atomic mass is 10.0. The SMILES string of the molecule is CN(Cc1ccc(-c2cccnc2)cc1F)C(=O)/C(C#N)=C(\O)c1cc(Cl)c(O)c([N+](=O)[O-])c1. The van der Waals surface area contributed by atoms with Gasteiger partial charge in [0.1, 0.15) is 17.6 Å². The van der Waals surface area contributed by atoms with Crippen molar-refractivity contribution in [3.05, 3.63) is 92.5 Å². The third kappa shape index (κ3) is 4.95. The molecule has 172 valence electrons. The van der Waals surface area contributed by atoms with Gasteiger partial charge < -0.3 is 15.1 Å². The van der Waals surface area contributed by atoms with Crippen LogP contribution in [0, 0.1) is 27.3 Å². The third-order valence-electron chi connectivity index (χ3n) is 4.88. The first-order valence-electron chi connectivity index (χ1n) is 9.59. The van der Waals surface area contributed by atoms with Gasteiger partial charge in [-0.2, -0.15) is 5.26 Å². The number of pyridine rings is 1. The number of nitriles is 1.